The molecule has 0 amide bonds. The first-order valence-corrected chi connectivity index (χ1v) is 5.38. The highest BCUT2D eigenvalue weighted by atomic mass is 79.9. The Hall–Kier alpha value is -1.03. The number of Topliss-reactive ketones (excluding diaryl/α,β-unsaturated/α-hetero) is 2. The minimum absolute atomic E-state index is 0.158. The van der Waals surface area contributed by atoms with Gasteiger partial charge in [0, 0.05) is 10.9 Å². The maximum atomic E-state index is 13.2. The zero-order chi connectivity index (χ0) is 11.4. The van der Waals surface area contributed by atoms with Crippen LogP contribution in [0.25, 0.3) is 0 Å². The van der Waals surface area contributed by atoms with E-state index >= 15 is 0 Å². The van der Waals surface area contributed by atoms with Crippen LogP contribution in [0.3, 0.4) is 0 Å². The molecule has 0 saturated heterocycles. The molecule has 0 bridgehead atoms. The SMILES string of the molecule is CCCC(=O)C(=O)c1cc(Br)ccc1F. The number of ketones is 2. The van der Waals surface area contributed by atoms with Crippen LogP contribution in [0.1, 0.15) is 30.1 Å². The lowest BCUT2D eigenvalue weighted by molar-refractivity contribution is -0.115. The van der Waals surface area contributed by atoms with Crippen molar-refractivity contribution in [2.75, 3.05) is 0 Å². The zero-order valence-electron chi connectivity index (χ0n) is 8.22. The normalized spacial score (nSPS) is 10.1. The van der Waals surface area contributed by atoms with Gasteiger partial charge in [-0.25, -0.2) is 4.39 Å². The predicted molar refractivity (Wildman–Crippen MR) is 58.3 cm³/mol. The highest BCUT2D eigenvalue weighted by molar-refractivity contribution is 9.10. The Morgan fingerprint density at radius 2 is 2.07 bits per heavy atom. The van der Waals surface area contributed by atoms with Crippen molar-refractivity contribution in [2.24, 2.45) is 0 Å². The quantitative estimate of drug-likeness (QED) is 0.623. The monoisotopic (exact) mass is 272 g/mol. The molecule has 0 spiro atoms. The summed E-state index contributed by atoms with van der Waals surface area (Å²) in [7, 11) is 0. The van der Waals surface area contributed by atoms with Gasteiger partial charge in [-0.3, -0.25) is 9.59 Å². The lowest BCUT2D eigenvalue weighted by Gasteiger charge is -2.01. The molecule has 0 unspecified atom stereocenters. The molecule has 1 aromatic rings. The molecule has 2 nitrogen and oxygen atoms in total. The lowest BCUT2D eigenvalue weighted by Crippen LogP contribution is -2.15. The minimum Gasteiger partial charge on any atom is -0.290 e. The van der Waals surface area contributed by atoms with Crippen LogP contribution in [0.5, 0.6) is 0 Å². The van der Waals surface area contributed by atoms with E-state index in [9.17, 15) is 14.0 Å². The average Bonchev–Trinajstić information content (AvgIpc) is 2.21. The largest absolute Gasteiger partial charge is 0.290 e. The van der Waals surface area contributed by atoms with E-state index in [1.807, 2.05) is 0 Å². The maximum absolute atomic E-state index is 13.2. The number of hydrogen-bond donors (Lipinski definition) is 0. The van der Waals surface area contributed by atoms with Crippen molar-refractivity contribution in [3.05, 3.63) is 34.1 Å². The predicted octanol–water partition coefficient (Wildman–Crippen LogP) is 3.14. The van der Waals surface area contributed by atoms with Crippen LogP contribution < -0.4 is 0 Å². The van der Waals surface area contributed by atoms with E-state index in [2.05, 4.69) is 15.9 Å². The van der Waals surface area contributed by atoms with E-state index < -0.39 is 17.4 Å². The van der Waals surface area contributed by atoms with Crippen LogP contribution in [-0.4, -0.2) is 11.6 Å². The summed E-state index contributed by atoms with van der Waals surface area (Å²) < 4.78 is 13.8. The smallest absolute Gasteiger partial charge is 0.231 e. The van der Waals surface area contributed by atoms with Gasteiger partial charge in [0.2, 0.25) is 11.6 Å². The fourth-order valence-electron chi connectivity index (χ4n) is 1.16. The lowest BCUT2D eigenvalue weighted by atomic mass is 10.0. The molecular weight excluding hydrogens is 263 g/mol. The molecule has 0 aliphatic heterocycles. The summed E-state index contributed by atoms with van der Waals surface area (Å²) in [5.41, 5.74) is -0.164. The average molecular weight is 273 g/mol. The second kappa shape index (κ2) is 5.16. The van der Waals surface area contributed by atoms with E-state index in [1.165, 1.54) is 12.1 Å². The molecule has 0 aliphatic rings. The number of hydrogen-bond acceptors (Lipinski definition) is 2. The first-order chi connectivity index (χ1) is 7.06. The molecule has 1 rings (SSSR count). The highest BCUT2D eigenvalue weighted by Gasteiger charge is 2.18. The highest BCUT2D eigenvalue weighted by Crippen LogP contribution is 2.16. The summed E-state index contributed by atoms with van der Waals surface area (Å²) >= 11 is 3.12. The van der Waals surface area contributed by atoms with Gasteiger partial charge in [0.1, 0.15) is 5.82 Å². The van der Waals surface area contributed by atoms with E-state index in [0.29, 0.717) is 10.9 Å². The molecule has 0 aromatic heterocycles. The third kappa shape index (κ3) is 2.96. The van der Waals surface area contributed by atoms with E-state index in [0.717, 1.165) is 6.07 Å². The van der Waals surface area contributed by atoms with Gasteiger partial charge in [-0.1, -0.05) is 22.9 Å². The molecule has 15 heavy (non-hydrogen) atoms. The Balaban J connectivity index is 3.00. The third-order valence-corrected chi connectivity index (χ3v) is 2.40. The van der Waals surface area contributed by atoms with E-state index in [4.69, 9.17) is 0 Å². The molecule has 80 valence electrons. The van der Waals surface area contributed by atoms with Gasteiger partial charge in [-0.15, -0.1) is 0 Å². The van der Waals surface area contributed by atoms with Crippen molar-refractivity contribution < 1.29 is 14.0 Å². The third-order valence-electron chi connectivity index (χ3n) is 1.90. The second-order valence-corrected chi connectivity index (χ2v) is 4.04. The Labute approximate surface area is 95.6 Å². The van der Waals surface area contributed by atoms with Gasteiger partial charge >= 0.3 is 0 Å². The van der Waals surface area contributed by atoms with Gasteiger partial charge in [-0.05, 0) is 24.6 Å². The summed E-state index contributed by atoms with van der Waals surface area (Å²) in [4.78, 5) is 22.8. The summed E-state index contributed by atoms with van der Waals surface area (Å²) in [5.74, 6) is -1.96. The molecule has 0 fully saturated rings. The van der Waals surface area contributed by atoms with Gasteiger partial charge in [-0.2, -0.15) is 0 Å². The maximum Gasteiger partial charge on any atom is 0.231 e. The second-order valence-electron chi connectivity index (χ2n) is 3.13. The van der Waals surface area contributed by atoms with Crippen molar-refractivity contribution in [1.29, 1.82) is 0 Å². The Kier molecular flexibility index (Phi) is 4.15. The van der Waals surface area contributed by atoms with Crippen molar-refractivity contribution in [2.45, 2.75) is 19.8 Å². The first kappa shape index (κ1) is 12.0. The molecule has 0 aliphatic carbocycles. The van der Waals surface area contributed by atoms with Gasteiger partial charge in [0.15, 0.2) is 0 Å². The van der Waals surface area contributed by atoms with Crippen LogP contribution in [0, 0.1) is 5.82 Å². The number of halogens is 2. The van der Waals surface area contributed by atoms with Crippen LogP contribution in [0.2, 0.25) is 0 Å². The van der Waals surface area contributed by atoms with Crippen molar-refractivity contribution in [1.82, 2.24) is 0 Å². The topological polar surface area (TPSA) is 34.1 Å². The van der Waals surface area contributed by atoms with Crippen LogP contribution in [-0.2, 0) is 4.79 Å². The fraction of sp³-hybridized carbons (Fsp3) is 0.273. The number of rotatable bonds is 4. The van der Waals surface area contributed by atoms with E-state index in [-0.39, 0.29) is 12.0 Å². The number of benzene rings is 1. The van der Waals surface area contributed by atoms with Crippen LogP contribution >= 0.6 is 15.9 Å². The Bertz CT molecular complexity index is 402. The van der Waals surface area contributed by atoms with Crippen molar-refractivity contribution in [3.8, 4) is 0 Å². The van der Waals surface area contributed by atoms with Crippen LogP contribution in [0.4, 0.5) is 4.39 Å². The standard InChI is InChI=1S/C11H10BrFO2/c1-2-3-10(14)11(15)8-6-7(12)4-5-9(8)13/h4-6H,2-3H2,1H3. The molecule has 0 heterocycles. The molecule has 0 atom stereocenters. The van der Waals surface area contributed by atoms with Crippen molar-refractivity contribution in [3.63, 3.8) is 0 Å². The summed E-state index contributed by atoms with van der Waals surface area (Å²) in [6.07, 6.45) is 0.741. The molecule has 0 saturated carbocycles. The number of carbonyl (C=O) groups is 2. The molecular formula is C11H10BrFO2. The summed E-state index contributed by atoms with van der Waals surface area (Å²) in [6, 6.07) is 3.97. The fourth-order valence-corrected chi connectivity index (χ4v) is 1.52. The van der Waals surface area contributed by atoms with Crippen LogP contribution in [0.15, 0.2) is 22.7 Å². The number of carbonyl (C=O) groups excluding carboxylic acids is 2. The Morgan fingerprint density at radius 3 is 2.67 bits per heavy atom. The van der Waals surface area contributed by atoms with Gasteiger partial charge in [0.25, 0.3) is 0 Å². The summed E-state index contributed by atoms with van der Waals surface area (Å²) in [5, 5.41) is 0. The minimum atomic E-state index is -0.754. The van der Waals surface area contributed by atoms with E-state index in [1.54, 1.807) is 6.92 Å². The summed E-state index contributed by atoms with van der Waals surface area (Å²) in [6.45, 7) is 1.79. The molecule has 4 heteroatoms. The zero-order valence-corrected chi connectivity index (χ0v) is 9.80. The first-order valence-electron chi connectivity index (χ1n) is 4.58. The molecule has 0 radical (unpaired) electrons. The van der Waals surface area contributed by atoms with Gasteiger partial charge in [0.05, 0.1) is 5.56 Å². The Morgan fingerprint density at radius 1 is 1.40 bits per heavy atom. The van der Waals surface area contributed by atoms with Crippen molar-refractivity contribution >= 4 is 27.5 Å². The molecule has 1 aromatic carbocycles. The molecule has 0 N–H and O–H groups in total. The van der Waals surface area contributed by atoms with Gasteiger partial charge < -0.3 is 0 Å².